The van der Waals surface area contributed by atoms with Crippen LogP contribution < -0.4 is 14.4 Å². The lowest BCUT2D eigenvalue weighted by atomic mass is 10.1. The quantitative estimate of drug-likeness (QED) is 0.616. The number of amides is 1. The number of hydrogen-bond donors (Lipinski definition) is 1. The first-order valence-electron chi connectivity index (χ1n) is 8.98. The van der Waals surface area contributed by atoms with Crippen LogP contribution in [0, 0.1) is 6.92 Å². The van der Waals surface area contributed by atoms with Crippen molar-refractivity contribution in [1.82, 2.24) is 4.98 Å². The van der Waals surface area contributed by atoms with Crippen molar-refractivity contribution in [2.75, 3.05) is 23.3 Å². The fraction of sp³-hybridized carbons (Fsp3) is 0.200. The smallest absolute Gasteiger partial charge is 0.264 e. The second-order valence-corrected chi connectivity index (χ2v) is 10.1. The molecule has 2 heterocycles. The van der Waals surface area contributed by atoms with Crippen LogP contribution in [0.5, 0.6) is 5.75 Å². The number of carbonyl (C=O) groups excluding carboxylic acids is 1. The number of thiazole rings is 1. The van der Waals surface area contributed by atoms with Crippen molar-refractivity contribution in [1.29, 1.82) is 0 Å². The second kappa shape index (κ2) is 7.90. The fourth-order valence-electron chi connectivity index (χ4n) is 3.12. The summed E-state index contributed by atoms with van der Waals surface area (Å²) in [5.74, 6) is 0.237. The maximum Gasteiger partial charge on any atom is 0.264 e. The Labute approximate surface area is 183 Å². The van der Waals surface area contributed by atoms with Crippen LogP contribution in [0.25, 0.3) is 11.3 Å². The zero-order valence-corrected chi connectivity index (χ0v) is 18.6. The molecule has 1 aliphatic heterocycles. The summed E-state index contributed by atoms with van der Waals surface area (Å²) in [6.07, 6.45) is 0. The van der Waals surface area contributed by atoms with Gasteiger partial charge in [-0.25, -0.2) is 13.4 Å². The number of nitrogens with one attached hydrogen (secondary N) is 1. The van der Waals surface area contributed by atoms with Crippen molar-refractivity contribution in [2.45, 2.75) is 12.7 Å². The summed E-state index contributed by atoms with van der Waals surface area (Å²) < 4.78 is 33.2. The molecular formula is C20H18ClN3O4S2. The monoisotopic (exact) mass is 463 g/mol. The summed E-state index contributed by atoms with van der Waals surface area (Å²) in [6.45, 7) is 1.87. The number of benzene rings is 2. The molecule has 0 fully saturated rings. The molecule has 0 aliphatic carbocycles. The molecule has 1 aromatic heterocycles. The molecule has 1 aliphatic rings. The highest BCUT2D eigenvalue weighted by Gasteiger charge is 2.24. The third-order valence-electron chi connectivity index (χ3n) is 4.66. The minimum absolute atomic E-state index is 0.00986. The average Bonchev–Trinajstić information content (AvgIpc) is 3.05. The lowest BCUT2D eigenvalue weighted by molar-refractivity contribution is -0.120. The van der Waals surface area contributed by atoms with Gasteiger partial charge in [0.15, 0.2) is 11.7 Å². The Kier molecular flexibility index (Phi) is 5.44. The number of fused-ring (bicyclic) bond motifs is 1. The maximum absolute atomic E-state index is 12.6. The van der Waals surface area contributed by atoms with E-state index in [-0.39, 0.29) is 23.4 Å². The summed E-state index contributed by atoms with van der Waals surface area (Å²) in [5.41, 5.74) is 2.58. The van der Waals surface area contributed by atoms with Crippen LogP contribution in [-0.2, 0) is 20.6 Å². The molecular weight excluding hydrogens is 446 g/mol. The zero-order chi connectivity index (χ0) is 21.5. The number of rotatable bonds is 5. The largest absolute Gasteiger partial charge is 0.482 e. The van der Waals surface area contributed by atoms with Gasteiger partial charge in [0.1, 0.15) is 5.75 Å². The van der Waals surface area contributed by atoms with Gasteiger partial charge in [0, 0.05) is 22.5 Å². The lowest BCUT2D eigenvalue weighted by Gasteiger charge is -2.26. The highest BCUT2D eigenvalue weighted by molar-refractivity contribution is 7.92. The molecule has 1 amide bonds. The average molecular weight is 464 g/mol. The molecule has 0 radical (unpaired) electrons. The Bertz CT molecular complexity index is 1240. The zero-order valence-electron chi connectivity index (χ0n) is 16.2. The molecule has 10 heteroatoms. The first kappa shape index (κ1) is 20.6. The molecule has 3 aromatic rings. The van der Waals surface area contributed by atoms with E-state index >= 15 is 0 Å². The SMILES string of the molecule is Cc1sc(NS(=O)(=O)Cc2ccccc2Cl)nc1-c1ccc2c(c1)N(C)C(=O)CO2. The van der Waals surface area contributed by atoms with E-state index in [9.17, 15) is 13.2 Å². The Morgan fingerprint density at radius 3 is 2.80 bits per heavy atom. The van der Waals surface area contributed by atoms with Gasteiger partial charge in [-0.1, -0.05) is 29.8 Å². The van der Waals surface area contributed by atoms with Gasteiger partial charge in [-0.3, -0.25) is 9.52 Å². The molecule has 0 spiro atoms. The van der Waals surface area contributed by atoms with E-state index in [1.807, 2.05) is 19.1 Å². The molecule has 7 nitrogen and oxygen atoms in total. The lowest BCUT2D eigenvalue weighted by Crippen LogP contribution is -2.35. The predicted octanol–water partition coefficient (Wildman–Crippen LogP) is 4.07. The summed E-state index contributed by atoms with van der Waals surface area (Å²) in [4.78, 5) is 18.8. The van der Waals surface area contributed by atoms with Crippen LogP contribution >= 0.6 is 22.9 Å². The number of aromatic nitrogens is 1. The number of likely N-dealkylation sites (N-methyl/N-ethyl adjacent to an activating group) is 1. The third-order valence-corrected chi connectivity index (χ3v) is 7.24. The molecule has 0 atom stereocenters. The molecule has 156 valence electrons. The number of carbonyl (C=O) groups is 1. The molecule has 4 rings (SSSR count). The predicted molar refractivity (Wildman–Crippen MR) is 119 cm³/mol. The number of sulfonamides is 1. The Balaban J connectivity index is 1.60. The number of ether oxygens (including phenoxy) is 1. The van der Waals surface area contributed by atoms with Crippen LogP contribution in [-0.4, -0.2) is 33.0 Å². The Hall–Kier alpha value is -2.62. The van der Waals surface area contributed by atoms with Crippen molar-refractivity contribution in [3.63, 3.8) is 0 Å². The molecule has 30 heavy (non-hydrogen) atoms. The van der Waals surface area contributed by atoms with Gasteiger partial charge in [-0.05, 0) is 36.8 Å². The van der Waals surface area contributed by atoms with Crippen molar-refractivity contribution in [2.24, 2.45) is 0 Å². The van der Waals surface area contributed by atoms with Crippen LogP contribution in [0.3, 0.4) is 0 Å². The standard InChI is InChI=1S/C20H18ClN3O4S2/c1-12-19(13-7-8-17-16(9-13)24(2)18(25)10-28-17)22-20(29-12)23-30(26,27)11-14-5-3-4-6-15(14)21/h3-9H,10-11H2,1-2H3,(H,22,23). The van der Waals surface area contributed by atoms with E-state index < -0.39 is 10.0 Å². The van der Waals surface area contributed by atoms with Gasteiger partial charge in [0.05, 0.1) is 17.1 Å². The summed E-state index contributed by atoms with van der Waals surface area (Å²) in [7, 11) is -2.00. The van der Waals surface area contributed by atoms with Crippen LogP contribution in [0.1, 0.15) is 10.4 Å². The number of aryl methyl sites for hydroxylation is 1. The Morgan fingerprint density at radius 1 is 1.27 bits per heavy atom. The minimum Gasteiger partial charge on any atom is -0.482 e. The minimum atomic E-state index is -3.69. The van der Waals surface area contributed by atoms with Gasteiger partial charge in [0.25, 0.3) is 5.91 Å². The van der Waals surface area contributed by atoms with Crippen molar-refractivity contribution in [3.8, 4) is 17.0 Å². The fourth-order valence-corrected chi connectivity index (χ4v) is 5.68. The maximum atomic E-state index is 12.6. The summed E-state index contributed by atoms with van der Waals surface area (Å²) >= 11 is 7.32. The van der Waals surface area contributed by atoms with Crippen LogP contribution in [0.15, 0.2) is 42.5 Å². The third kappa shape index (κ3) is 4.14. The van der Waals surface area contributed by atoms with Crippen molar-refractivity contribution < 1.29 is 17.9 Å². The van der Waals surface area contributed by atoms with Gasteiger partial charge in [-0.2, -0.15) is 0 Å². The van der Waals surface area contributed by atoms with Crippen molar-refractivity contribution >= 4 is 49.7 Å². The van der Waals surface area contributed by atoms with Gasteiger partial charge in [0.2, 0.25) is 10.0 Å². The van der Waals surface area contributed by atoms with Crippen molar-refractivity contribution in [3.05, 3.63) is 57.9 Å². The topological polar surface area (TPSA) is 88.6 Å². The first-order valence-corrected chi connectivity index (χ1v) is 11.8. The highest BCUT2D eigenvalue weighted by atomic mass is 35.5. The number of nitrogens with zero attached hydrogens (tertiary/aromatic N) is 2. The molecule has 1 N–H and O–H groups in total. The van der Waals surface area contributed by atoms with E-state index in [4.69, 9.17) is 16.3 Å². The van der Waals surface area contributed by atoms with E-state index in [0.29, 0.717) is 27.7 Å². The van der Waals surface area contributed by atoms with Crippen LogP contribution in [0.4, 0.5) is 10.8 Å². The molecule has 0 saturated heterocycles. The van der Waals surface area contributed by atoms with Gasteiger partial charge >= 0.3 is 0 Å². The normalized spacial score (nSPS) is 13.7. The first-order chi connectivity index (χ1) is 14.2. The number of anilines is 2. The van der Waals surface area contributed by atoms with E-state index in [1.54, 1.807) is 37.4 Å². The molecule has 2 aromatic carbocycles. The molecule has 0 unspecified atom stereocenters. The van der Waals surface area contributed by atoms with Gasteiger partial charge < -0.3 is 9.64 Å². The molecule has 0 saturated carbocycles. The number of halogens is 1. The summed E-state index contributed by atoms with van der Waals surface area (Å²) in [5, 5.41) is 0.668. The van der Waals surface area contributed by atoms with E-state index in [2.05, 4.69) is 9.71 Å². The van der Waals surface area contributed by atoms with E-state index in [1.165, 1.54) is 16.2 Å². The molecule has 0 bridgehead atoms. The van der Waals surface area contributed by atoms with E-state index in [0.717, 1.165) is 10.4 Å². The van der Waals surface area contributed by atoms with Crippen LogP contribution in [0.2, 0.25) is 5.02 Å². The second-order valence-electron chi connectivity index (χ2n) is 6.80. The summed E-state index contributed by atoms with van der Waals surface area (Å²) in [6, 6.07) is 12.3. The number of hydrogen-bond acceptors (Lipinski definition) is 6. The Morgan fingerprint density at radius 2 is 2.03 bits per heavy atom. The highest BCUT2D eigenvalue weighted by Crippen LogP contribution is 2.38. The van der Waals surface area contributed by atoms with Gasteiger partial charge in [-0.15, -0.1) is 11.3 Å².